The van der Waals surface area contributed by atoms with E-state index in [9.17, 15) is 9.59 Å². The lowest BCUT2D eigenvalue weighted by molar-refractivity contribution is -0.151. The van der Waals surface area contributed by atoms with Crippen LogP contribution in [0.3, 0.4) is 0 Å². The molecule has 0 N–H and O–H groups in total. The van der Waals surface area contributed by atoms with Gasteiger partial charge in [0.25, 0.3) is 0 Å². The summed E-state index contributed by atoms with van der Waals surface area (Å²) in [5, 5.41) is 0. The number of carbonyl (C=O) groups excluding carboxylic acids is 2. The van der Waals surface area contributed by atoms with E-state index in [4.69, 9.17) is 9.47 Å². The van der Waals surface area contributed by atoms with Gasteiger partial charge in [-0.25, -0.2) is 0 Å². The van der Waals surface area contributed by atoms with Gasteiger partial charge in [0.2, 0.25) is 0 Å². The zero-order valence-corrected chi connectivity index (χ0v) is 12.2. The first-order chi connectivity index (χ1) is 10.7. The van der Waals surface area contributed by atoms with Crippen molar-refractivity contribution in [3.8, 4) is 0 Å². The molecule has 2 rings (SSSR count). The zero-order chi connectivity index (χ0) is 15.6. The van der Waals surface area contributed by atoms with Gasteiger partial charge in [-0.3, -0.25) is 9.59 Å². The van der Waals surface area contributed by atoms with E-state index < -0.39 is 0 Å². The van der Waals surface area contributed by atoms with Crippen LogP contribution >= 0.6 is 0 Å². The first kappa shape index (κ1) is 15.8. The lowest BCUT2D eigenvalue weighted by Crippen LogP contribution is -2.16. The molecule has 0 radical (unpaired) electrons. The quantitative estimate of drug-likeness (QED) is 0.582. The van der Waals surface area contributed by atoms with Crippen LogP contribution in [0.15, 0.2) is 60.7 Å². The van der Waals surface area contributed by atoms with E-state index in [-0.39, 0.29) is 38.0 Å². The van der Waals surface area contributed by atoms with Gasteiger partial charge in [-0.05, 0) is 11.1 Å². The molecule has 0 bridgehead atoms. The molecule has 0 unspecified atom stereocenters. The average molecular weight is 298 g/mol. The van der Waals surface area contributed by atoms with Crippen molar-refractivity contribution in [2.24, 2.45) is 0 Å². The van der Waals surface area contributed by atoms with Gasteiger partial charge in [0.05, 0.1) is 12.8 Å². The zero-order valence-electron chi connectivity index (χ0n) is 12.2. The SMILES string of the molecule is O=C(Cc1ccccc1)OCCOC(=O)Cc1ccccc1. The Morgan fingerprint density at radius 3 is 1.36 bits per heavy atom. The van der Waals surface area contributed by atoms with Crippen molar-refractivity contribution in [1.29, 1.82) is 0 Å². The highest BCUT2D eigenvalue weighted by Gasteiger charge is 2.07. The Hall–Kier alpha value is -2.62. The van der Waals surface area contributed by atoms with Gasteiger partial charge < -0.3 is 9.47 Å². The molecule has 0 aromatic heterocycles. The predicted molar refractivity (Wildman–Crippen MR) is 82.2 cm³/mol. The summed E-state index contributed by atoms with van der Waals surface area (Å²) in [4.78, 5) is 23.2. The number of hydrogen-bond donors (Lipinski definition) is 0. The Labute approximate surface area is 129 Å². The molecule has 0 spiro atoms. The molecule has 0 aliphatic heterocycles. The van der Waals surface area contributed by atoms with Crippen molar-refractivity contribution in [2.45, 2.75) is 12.8 Å². The molecule has 114 valence electrons. The molecule has 4 heteroatoms. The van der Waals surface area contributed by atoms with E-state index in [2.05, 4.69) is 0 Å². The van der Waals surface area contributed by atoms with Gasteiger partial charge in [-0.15, -0.1) is 0 Å². The van der Waals surface area contributed by atoms with Crippen LogP contribution in [0.4, 0.5) is 0 Å². The third-order valence-electron chi connectivity index (χ3n) is 2.99. The maximum Gasteiger partial charge on any atom is 0.310 e. The second-order valence-electron chi connectivity index (χ2n) is 4.77. The van der Waals surface area contributed by atoms with E-state index in [0.717, 1.165) is 11.1 Å². The Morgan fingerprint density at radius 1 is 0.636 bits per heavy atom. The van der Waals surface area contributed by atoms with Gasteiger partial charge in [-0.1, -0.05) is 60.7 Å². The van der Waals surface area contributed by atoms with Gasteiger partial charge in [-0.2, -0.15) is 0 Å². The minimum absolute atomic E-state index is 0.0756. The van der Waals surface area contributed by atoms with Gasteiger partial charge >= 0.3 is 11.9 Å². The van der Waals surface area contributed by atoms with Crippen LogP contribution in [0, 0.1) is 0 Å². The molecular weight excluding hydrogens is 280 g/mol. The number of rotatable bonds is 7. The molecule has 0 aliphatic carbocycles. The van der Waals surface area contributed by atoms with Crippen molar-refractivity contribution in [2.75, 3.05) is 13.2 Å². The molecule has 2 aromatic rings. The van der Waals surface area contributed by atoms with Crippen molar-refractivity contribution in [3.63, 3.8) is 0 Å². The molecule has 0 aliphatic rings. The average Bonchev–Trinajstić information content (AvgIpc) is 2.53. The minimum atomic E-state index is -0.328. The fourth-order valence-electron chi connectivity index (χ4n) is 1.94. The van der Waals surface area contributed by atoms with E-state index in [0.29, 0.717) is 0 Å². The van der Waals surface area contributed by atoms with Crippen LogP contribution < -0.4 is 0 Å². The highest BCUT2D eigenvalue weighted by atomic mass is 16.6. The number of esters is 2. The van der Waals surface area contributed by atoms with Crippen LogP contribution in [0.25, 0.3) is 0 Å². The largest absolute Gasteiger partial charge is 0.462 e. The van der Waals surface area contributed by atoms with E-state index in [1.54, 1.807) is 0 Å². The third kappa shape index (κ3) is 5.79. The summed E-state index contributed by atoms with van der Waals surface area (Å²) in [7, 11) is 0. The molecular formula is C18H18O4. The van der Waals surface area contributed by atoms with Crippen molar-refractivity contribution >= 4 is 11.9 Å². The molecule has 0 atom stereocenters. The lowest BCUT2D eigenvalue weighted by Gasteiger charge is -2.06. The third-order valence-corrected chi connectivity index (χ3v) is 2.99. The topological polar surface area (TPSA) is 52.6 Å². The van der Waals surface area contributed by atoms with Crippen LogP contribution in [-0.4, -0.2) is 25.2 Å². The Kier molecular flexibility index (Phi) is 6.18. The number of ether oxygens (including phenoxy) is 2. The molecule has 2 aromatic carbocycles. The first-order valence-corrected chi connectivity index (χ1v) is 7.13. The van der Waals surface area contributed by atoms with E-state index >= 15 is 0 Å². The number of hydrogen-bond acceptors (Lipinski definition) is 4. The van der Waals surface area contributed by atoms with Crippen LogP contribution in [-0.2, 0) is 31.9 Å². The van der Waals surface area contributed by atoms with Crippen molar-refractivity contribution < 1.29 is 19.1 Å². The molecule has 22 heavy (non-hydrogen) atoms. The highest BCUT2D eigenvalue weighted by Crippen LogP contribution is 2.02. The summed E-state index contributed by atoms with van der Waals surface area (Å²) in [6.45, 7) is 0.151. The second kappa shape index (κ2) is 8.62. The van der Waals surface area contributed by atoms with E-state index in [1.807, 2.05) is 60.7 Å². The van der Waals surface area contributed by atoms with Gasteiger partial charge in [0.1, 0.15) is 13.2 Å². The van der Waals surface area contributed by atoms with E-state index in [1.165, 1.54) is 0 Å². The van der Waals surface area contributed by atoms with Gasteiger partial charge in [0, 0.05) is 0 Å². The minimum Gasteiger partial charge on any atom is -0.462 e. The van der Waals surface area contributed by atoms with Crippen LogP contribution in [0.1, 0.15) is 11.1 Å². The Balaban J connectivity index is 1.60. The molecule has 0 saturated carbocycles. The summed E-state index contributed by atoms with van der Waals surface area (Å²) in [6.07, 6.45) is 0.442. The first-order valence-electron chi connectivity index (χ1n) is 7.13. The Morgan fingerprint density at radius 2 is 1.00 bits per heavy atom. The molecule has 0 amide bonds. The van der Waals surface area contributed by atoms with Crippen molar-refractivity contribution in [1.82, 2.24) is 0 Å². The summed E-state index contributed by atoms with van der Waals surface area (Å²) >= 11 is 0. The summed E-state index contributed by atoms with van der Waals surface area (Å²) < 4.78 is 10.1. The smallest absolute Gasteiger partial charge is 0.310 e. The Bertz CT molecular complexity index is 537. The molecule has 0 saturated heterocycles. The maximum atomic E-state index is 11.6. The fraction of sp³-hybridized carbons (Fsp3) is 0.222. The molecule has 0 fully saturated rings. The lowest BCUT2D eigenvalue weighted by atomic mass is 10.2. The number of carbonyl (C=O) groups is 2. The monoisotopic (exact) mass is 298 g/mol. The summed E-state index contributed by atoms with van der Waals surface area (Å²) in [6, 6.07) is 18.7. The van der Waals surface area contributed by atoms with Crippen LogP contribution in [0.5, 0.6) is 0 Å². The second-order valence-corrected chi connectivity index (χ2v) is 4.77. The highest BCUT2D eigenvalue weighted by molar-refractivity contribution is 5.73. The summed E-state index contributed by atoms with van der Waals surface area (Å²) in [5.41, 5.74) is 1.79. The van der Waals surface area contributed by atoms with Crippen LogP contribution in [0.2, 0.25) is 0 Å². The molecule has 4 nitrogen and oxygen atoms in total. The van der Waals surface area contributed by atoms with Crippen molar-refractivity contribution in [3.05, 3.63) is 71.8 Å². The fourth-order valence-corrected chi connectivity index (χ4v) is 1.94. The normalized spacial score (nSPS) is 10.0. The maximum absolute atomic E-state index is 11.6. The van der Waals surface area contributed by atoms with Gasteiger partial charge in [0.15, 0.2) is 0 Å². The standard InChI is InChI=1S/C18H18O4/c19-17(13-15-7-3-1-4-8-15)21-11-12-22-18(20)14-16-9-5-2-6-10-16/h1-10H,11-14H2. The predicted octanol–water partition coefficient (Wildman–Crippen LogP) is 2.56. The summed E-state index contributed by atoms with van der Waals surface area (Å²) in [5.74, 6) is -0.657. The number of benzene rings is 2. The molecule has 0 heterocycles.